The van der Waals surface area contributed by atoms with Crippen molar-refractivity contribution in [3.8, 4) is 0 Å². The lowest BCUT2D eigenvalue weighted by Gasteiger charge is -2.10. The largest absolute Gasteiger partial charge is 0.383 e. The first-order chi connectivity index (χ1) is 6.82. The maximum atomic E-state index is 11.3. The van der Waals surface area contributed by atoms with Gasteiger partial charge in [0.2, 0.25) is 0 Å². The fourth-order valence-corrected chi connectivity index (χ4v) is 1.86. The summed E-state index contributed by atoms with van der Waals surface area (Å²) >= 11 is 0. The third-order valence-electron chi connectivity index (χ3n) is 2.00. The van der Waals surface area contributed by atoms with Crippen LogP contribution in [0.1, 0.15) is 0 Å². The van der Waals surface area contributed by atoms with E-state index in [-0.39, 0.29) is 10.7 Å². The van der Waals surface area contributed by atoms with Crippen LogP contribution < -0.4 is 5.73 Å². The van der Waals surface area contributed by atoms with Gasteiger partial charge in [0.15, 0.2) is 9.84 Å². The average molecular weight is 232 g/mol. The van der Waals surface area contributed by atoms with E-state index in [2.05, 4.69) is 5.10 Å². The van der Waals surface area contributed by atoms with Gasteiger partial charge in [-0.1, -0.05) is 0 Å². The van der Waals surface area contributed by atoms with Crippen LogP contribution in [0.25, 0.3) is 0 Å². The highest BCUT2D eigenvalue weighted by Crippen LogP contribution is 2.16. The molecule has 1 aromatic rings. The van der Waals surface area contributed by atoms with E-state index in [1.165, 1.54) is 10.9 Å². The second-order valence-corrected chi connectivity index (χ2v) is 5.68. The van der Waals surface area contributed by atoms with E-state index in [1.54, 1.807) is 0 Å². The van der Waals surface area contributed by atoms with Crippen molar-refractivity contribution in [2.45, 2.75) is 11.4 Å². The van der Waals surface area contributed by atoms with E-state index in [4.69, 9.17) is 5.73 Å². The Balaban J connectivity index is 2.90. The SMILES string of the molecule is CN(C)CCn1ncc(S(C)(=O)=O)c1N. The molecule has 0 saturated heterocycles. The van der Waals surface area contributed by atoms with E-state index in [0.29, 0.717) is 6.54 Å². The predicted octanol–water partition coefficient (Wildman–Crippen LogP) is -0.570. The molecule has 2 N–H and O–H groups in total. The van der Waals surface area contributed by atoms with Crippen molar-refractivity contribution in [1.29, 1.82) is 0 Å². The maximum Gasteiger partial charge on any atom is 0.180 e. The topological polar surface area (TPSA) is 81.2 Å². The van der Waals surface area contributed by atoms with E-state index in [1.807, 2.05) is 19.0 Å². The van der Waals surface area contributed by atoms with Crippen LogP contribution in [-0.4, -0.2) is 50.0 Å². The zero-order chi connectivity index (χ0) is 11.6. The molecule has 6 nitrogen and oxygen atoms in total. The molecule has 1 heterocycles. The van der Waals surface area contributed by atoms with Crippen molar-refractivity contribution in [3.05, 3.63) is 6.20 Å². The Kier molecular flexibility index (Phi) is 3.35. The van der Waals surface area contributed by atoms with E-state index in [9.17, 15) is 8.42 Å². The first-order valence-corrected chi connectivity index (χ1v) is 6.37. The lowest BCUT2D eigenvalue weighted by molar-refractivity contribution is 0.375. The molecule has 86 valence electrons. The number of hydrogen-bond acceptors (Lipinski definition) is 5. The molecule has 1 aromatic heterocycles. The van der Waals surface area contributed by atoms with Gasteiger partial charge in [0.25, 0.3) is 0 Å². The van der Waals surface area contributed by atoms with Crippen LogP contribution in [0, 0.1) is 0 Å². The molecule has 0 radical (unpaired) electrons. The molecule has 0 aliphatic heterocycles. The molecule has 0 aliphatic carbocycles. The molecular formula is C8H16N4O2S. The van der Waals surface area contributed by atoms with Gasteiger partial charge in [-0.2, -0.15) is 5.10 Å². The number of sulfone groups is 1. The molecule has 0 unspecified atom stereocenters. The summed E-state index contributed by atoms with van der Waals surface area (Å²) < 4.78 is 24.0. The van der Waals surface area contributed by atoms with Crippen molar-refractivity contribution in [1.82, 2.24) is 14.7 Å². The van der Waals surface area contributed by atoms with Gasteiger partial charge in [-0.3, -0.25) is 0 Å². The fraction of sp³-hybridized carbons (Fsp3) is 0.625. The molecular weight excluding hydrogens is 216 g/mol. The Bertz CT molecular complexity index is 435. The number of anilines is 1. The second kappa shape index (κ2) is 4.19. The van der Waals surface area contributed by atoms with Crippen LogP contribution >= 0.6 is 0 Å². The van der Waals surface area contributed by atoms with Crippen molar-refractivity contribution in [3.63, 3.8) is 0 Å². The Hall–Kier alpha value is -1.08. The number of nitrogens with zero attached hydrogens (tertiary/aromatic N) is 3. The minimum absolute atomic E-state index is 0.0984. The number of rotatable bonds is 4. The van der Waals surface area contributed by atoms with Crippen LogP contribution in [-0.2, 0) is 16.4 Å². The van der Waals surface area contributed by atoms with Gasteiger partial charge in [-0.25, -0.2) is 13.1 Å². The van der Waals surface area contributed by atoms with Gasteiger partial charge in [0, 0.05) is 12.8 Å². The summed E-state index contributed by atoms with van der Waals surface area (Å²) in [5.41, 5.74) is 5.68. The second-order valence-electron chi connectivity index (χ2n) is 3.69. The van der Waals surface area contributed by atoms with E-state index in [0.717, 1.165) is 12.8 Å². The van der Waals surface area contributed by atoms with Gasteiger partial charge < -0.3 is 10.6 Å². The van der Waals surface area contributed by atoms with E-state index >= 15 is 0 Å². The summed E-state index contributed by atoms with van der Waals surface area (Å²) in [6.07, 6.45) is 2.41. The molecule has 0 fully saturated rings. The van der Waals surface area contributed by atoms with Crippen molar-refractivity contribution in [2.75, 3.05) is 32.6 Å². The quantitative estimate of drug-likeness (QED) is 0.752. The summed E-state index contributed by atoms with van der Waals surface area (Å²) in [7, 11) is 0.582. The number of likely N-dealkylation sites (N-methyl/N-ethyl adjacent to an activating group) is 1. The molecule has 1 rings (SSSR count). The lowest BCUT2D eigenvalue weighted by Crippen LogP contribution is -2.20. The minimum Gasteiger partial charge on any atom is -0.383 e. The van der Waals surface area contributed by atoms with Crippen LogP contribution in [0.3, 0.4) is 0 Å². The minimum atomic E-state index is -3.27. The zero-order valence-electron chi connectivity index (χ0n) is 9.14. The fourth-order valence-electron chi connectivity index (χ4n) is 1.14. The number of nitrogen functional groups attached to an aromatic ring is 1. The Morgan fingerprint density at radius 2 is 2.13 bits per heavy atom. The molecule has 0 amide bonds. The highest BCUT2D eigenvalue weighted by Gasteiger charge is 2.16. The highest BCUT2D eigenvalue weighted by molar-refractivity contribution is 7.90. The van der Waals surface area contributed by atoms with Gasteiger partial charge in [0.05, 0.1) is 12.7 Å². The summed E-state index contributed by atoms with van der Waals surface area (Å²) in [5.74, 6) is 0.208. The van der Waals surface area contributed by atoms with Crippen molar-refractivity contribution >= 4 is 15.7 Å². The first-order valence-electron chi connectivity index (χ1n) is 4.48. The molecule has 7 heteroatoms. The monoisotopic (exact) mass is 232 g/mol. The predicted molar refractivity (Wildman–Crippen MR) is 58.3 cm³/mol. The van der Waals surface area contributed by atoms with Crippen LogP contribution in [0.15, 0.2) is 11.1 Å². The normalized spacial score (nSPS) is 12.3. The zero-order valence-corrected chi connectivity index (χ0v) is 9.95. The molecule has 0 saturated carbocycles. The highest BCUT2D eigenvalue weighted by atomic mass is 32.2. The average Bonchev–Trinajstić information content (AvgIpc) is 2.42. The molecule has 0 aromatic carbocycles. The first kappa shape index (κ1) is 12.0. The Morgan fingerprint density at radius 3 is 2.53 bits per heavy atom. The third-order valence-corrected chi connectivity index (χ3v) is 3.12. The summed E-state index contributed by atoms with van der Waals surface area (Å²) in [5, 5.41) is 3.94. The molecule has 0 bridgehead atoms. The van der Waals surface area contributed by atoms with E-state index < -0.39 is 9.84 Å². The molecule has 0 spiro atoms. The lowest BCUT2D eigenvalue weighted by atomic mass is 10.5. The number of nitrogens with two attached hydrogens (primary N) is 1. The smallest absolute Gasteiger partial charge is 0.180 e. The van der Waals surface area contributed by atoms with Gasteiger partial charge in [-0.15, -0.1) is 0 Å². The van der Waals surface area contributed by atoms with Crippen molar-refractivity contribution < 1.29 is 8.42 Å². The van der Waals surface area contributed by atoms with Crippen LogP contribution in [0.5, 0.6) is 0 Å². The van der Waals surface area contributed by atoms with Crippen molar-refractivity contribution in [2.24, 2.45) is 0 Å². The Morgan fingerprint density at radius 1 is 1.53 bits per heavy atom. The van der Waals surface area contributed by atoms with Gasteiger partial charge in [0.1, 0.15) is 10.7 Å². The summed E-state index contributed by atoms with van der Waals surface area (Å²) in [6, 6.07) is 0. The maximum absolute atomic E-state index is 11.3. The number of aromatic nitrogens is 2. The van der Waals surface area contributed by atoms with Crippen LogP contribution in [0.2, 0.25) is 0 Å². The summed E-state index contributed by atoms with van der Waals surface area (Å²) in [6.45, 7) is 1.34. The Labute approximate surface area is 89.6 Å². The van der Waals surface area contributed by atoms with Gasteiger partial charge >= 0.3 is 0 Å². The van der Waals surface area contributed by atoms with Crippen LogP contribution in [0.4, 0.5) is 5.82 Å². The summed E-state index contributed by atoms with van der Waals surface area (Å²) in [4.78, 5) is 2.07. The molecule has 0 aliphatic rings. The molecule has 0 atom stereocenters. The van der Waals surface area contributed by atoms with Gasteiger partial charge in [-0.05, 0) is 14.1 Å². The number of hydrogen-bond donors (Lipinski definition) is 1. The standard InChI is InChI=1S/C8H16N4O2S/c1-11(2)4-5-12-8(9)7(6-10-12)15(3,13)14/h6H,4-5,9H2,1-3H3. The third kappa shape index (κ3) is 2.93. The molecule has 15 heavy (non-hydrogen) atoms.